The highest BCUT2D eigenvalue weighted by Crippen LogP contribution is 2.33. The standard InChI is InChI=1S/C28H32N4O2/c1-5-30(6-2)22-15-16-31(18-22)28(33)27-19(3)29-32(20(27)4)24-13-9-8-12-23(24)26-17-21-11-7-10-14-25(21)34-26/h7-14,17,22H,5-6,15-16,18H2,1-4H3. The molecule has 0 radical (unpaired) electrons. The second-order valence-electron chi connectivity index (χ2n) is 9.04. The van der Waals surface area contributed by atoms with E-state index < -0.39 is 0 Å². The second kappa shape index (κ2) is 9.11. The molecular weight excluding hydrogens is 424 g/mol. The van der Waals surface area contributed by atoms with Crippen LogP contribution in [0.25, 0.3) is 28.0 Å². The van der Waals surface area contributed by atoms with E-state index in [1.807, 2.05) is 72.0 Å². The maximum atomic E-state index is 13.6. The van der Waals surface area contributed by atoms with E-state index in [1.165, 1.54) is 0 Å². The molecule has 1 saturated heterocycles. The number of likely N-dealkylation sites (N-methyl/N-ethyl adjacent to an activating group) is 1. The number of likely N-dealkylation sites (tertiary alicyclic amines) is 1. The first-order valence-corrected chi connectivity index (χ1v) is 12.2. The highest BCUT2D eigenvalue weighted by atomic mass is 16.3. The summed E-state index contributed by atoms with van der Waals surface area (Å²) in [6, 6.07) is 18.6. The summed E-state index contributed by atoms with van der Waals surface area (Å²) in [6.45, 7) is 11.9. The van der Waals surface area contributed by atoms with Crippen molar-refractivity contribution >= 4 is 16.9 Å². The molecule has 0 N–H and O–H groups in total. The normalized spacial score (nSPS) is 16.1. The monoisotopic (exact) mass is 456 g/mol. The SMILES string of the molecule is CCN(CC)C1CCN(C(=O)c2c(C)nn(-c3ccccc3-c3cc4ccccc4o3)c2C)C1. The number of carbonyl (C=O) groups excluding carboxylic acids is 1. The first kappa shape index (κ1) is 22.4. The lowest BCUT2D eigenvalue weighted by Gasteiger charge is -2.26. The summed E-state index contributed by atoms with van der Waals surface area (Å²) in [5.41, 5.74) is 5.04. The predicted octanol–water partition coefficient (Wildman–Crippen LogP) is 5.46. The van der Waals surface area contributed by atoms with E-state index >= 15 is 0 Å². The second-order valence-corrected chi connectivity index (χ2v) is 9.04. The molecule has 6 nitrogen and oxygen atoms in total. The van der Waals surface area contributed by atoms with Crippen LogP contribution in [0.2, 0.25) is 0 Å². The summed E-state index contributed by atoms with van der Waals surface area (Å²) in [5.74, 6) is 0.871. The molecule has 0 saturated carbocycles. The van der Waals surface area contributed by atoms with Crippen LogP contribution in [0.3, 0.4) is 0 Å². The molecule has 34 heavy (non-hydrogen) atoms. The fourth-order valence-electron chi connectivity index (χ4n) is 5.29. The van der Waals surface area contributed by atoms with Crippen molar-refractivity contribution in [2.24, 2.45) is 0 Å². The maximum absolute atomic E-state index is 13.6. The third-order valence-corrected chi connectivity index (χ3v) is 7.11. The van der Waals surface area contributed by atoms with E-state index in [2.05, 4.69) is 24.8 Å². The molecule has 1 fully saturated rings. The van der Waals surface area contributed by atoms with Gasteiger partial charge in [0, 0.05) is 30.1 Å². The Kier molecular flexibility index (Phi) is 6.00. The van der Waals surface area contributed by atoms with Crippen molar-refractivity contribution in [1.82, 2.24) is 19.6 Å². The summed E-state index contributed by atoms with van der Waals surface area (Å²) in [5, 5.41) is 5.88. The molecule has 1 unspecified atom stereocenters. The molecular formula is C28H32N4O2. The van der Waals surface area contributed by atoms with Crippen LogP contribution >= 0.6 is 0 Å². The Labute approximate surface area is 200 Å². The maximum Gasteiger partial charge on any atom is 0.257 e. The number of hydrogen-bond acceptors (Lipinski definition) is 4. The van der Waals surface area contributed by atoms with Crippen LogP contribution < -0.4 is 0 Å². The van der Waals surface area contributed by atoms with Crippen molar-refractivity contribution in [3.63, 3.8) is 0 Å². The van der Waals surface area contributed by atoms with Crippen LogP contribution in [0.4, 0.5) is 0 Å². The number of fused-ring (bicyclic) bond motifs is 1. The molecule has 1 atom stereocenters. The van der Waals surface area contributed by atoms with Crippen LogP contribution in [0, 0.1) is 13.8 Å². The minimum Gasteiger partial charge on any atom is -0.456 e. The third-order valence-electron chi connectivity index (χ3n) is 7.11. The van der Waals surface area contributed by atoms with Gasteiger partial charge in [-0.05, 0) is 57.6 Å². The molecule has 0 bridgehead atoms. The molecule has 1 aliphatic rings. The number of para-hydroxylation sites is 2. The molecule has 0 spiro atoms. The largest absolute Gasteiger partial charge is 0.456 e. The van der Waals surface area contributed by atoms with Gasteiger partial charge in [0.1, 0.15) is 11.3 Å². The Balaban J connectivity index is 1.49. The van der Waals surface area contributed by atoms with E-state index in [-0.39, 0.29) is 5.91 Å². The van der Waals surface area contributed by atoms with Gasteiger partial charge in [-0.2, -0.15) is 5.10 Å². The molecule has 2 aromatic heterocycles. The zero-order chi connectivity index (χ0) is 23.8. The van der Waals surface area contributed by atoms with Crippen LogP contribution in [-0.4, -0.2) is 57.7 Å². The van der Waals surface area contributed by atoms with Gasteiger partial charge in [-0.15, -0.1) is 0 Å². The highest BCUT2D eigenvalue weighted by Gasteiger charge is 2.32. The number of aromatic nitrogens is 2. The van der Waals surface area contributed by atoms with E-state index in [9.17, 15) is 4.79 Å². The number of rotatable bonds is 6. The molecule has 0 aliphatic carbocycles. The van der Waals surface area contributed by atoms with Gasteiger partial charge in [0.15, 0.2) is 0 Å². The quantitative estimate of drug-likeness (QED) is 0.387. The molecule has 6 heteroatoms. The highest BCUT2D eigenvalue weighted by molar-refractivity contribution is 5.97. The lowest BCUT2D eigenvalue weighted by Crippen LogP contribution is -2.38. The molecule has 4 aromatic rings. The summed E-state index contributed by atoms with van der Waals surface area (Å²) >= 11 is 0. The van der Waals surface area contributed by atoms with Crippen molar-refractivity contribution < 1.29 is 9.21 Å². The minimum atomic E-state index is 0.0807. The van der Waals surface area contributed by atoms with Gasteiger partial charge in [0.2, 0.25) is 0 Å². The van der Waals surface area contributed by atoms with E-state index in [0.717, 1.165) is 72.0 Å². The Bertz CT molecular complexity index is 1300. The number of amides is 1. The first-order chi connectivity index (χ1) is 16.5. The molecule has 2 aromatic carbocycles. The van der Waals surface area contributed by atoms with E-state index in [1.54, 1.807) is 0 Å². The van der Waals surface area contributed by atoms with Gasteiger partial charge in [-0.1, -0.05) is 44.2 Å². The molecule has 3 heterocycles. The number of carbonyl (C=O) groups is 1. The zero-order valence-corrected chi connectivity index (χ0v) is 20.4. The van der Waals surface area contributed by atoms with Gasteiger partial charge in [-0.3, -0.25) is 9.69 Å². The van der Waals surface area contributed by atoms with Gasteiger partial charge in [0.25, 0.3) is 5.91 Å². The fourth-order valence-corrected chi connectivity index (χ4v) is 5.29. The van der Waals surface area contributed by atoms with E-state index in [4.69, 9.17) is 9.52 Å². The van der Waals surface area contributed by atoms with Gasteiger partial charge >= 0.3 is 0 Å². The lowest BCUT2D eigenvalue weighted by molar-refractivity contribution is 0.0776. The number of furan rings is 1. The van der Waals surface area contributed by atoms with Gasteiger partial charge in [-0.25, -0.2) is 4.68 Å². The van der Waals surface area contributed by atoms with Crippen molar-refractivity contribution in [3.05, 3.63) is 71.5 Å². The summed E-state index contributed by atoms with van der Waals surface area (Å²) < 4.78 is 8.05. The molecule has 1 aliphatic heterocycles. The number of nitrogens with zero attached hydrogens (tertiary/aromatic N) is 4. The first-order valence-electron chi connectivity index (χ1n) is 12.2. The Morgan fingerprint density at radius 1 is 1.09 bits per heavy atom. The van der Waals surface area contributed by atoms with Crippen molar-refractivity contribution in [2.45, 2.75) is 40.2 Å². The Morgan fingerprint density at radius 3 is 2.59 bits per heavy atom. The molecule has 1 amide bonds. The van der Waals surface area contributed by atoms with Crippen LogP contribution in [0.15, 0.2) is 59.0 Å². The Morgan fingerprint density at radius 2 is 1.82 bits per heavy atom. The van der Waals surface area contributed by atoms with Crippen molar-refractivity contribution in [1.29, 1.82) is 0 Å². The minimum absolute atomic E-state index is 0.0807. The van der Waals surface area contributed by atoms with Crippen LogP contribution in [0.5, 0.6) is 0 Å². The summed E-state index contributed by atoms with van der Waals surface area (Å²) in [7, 11) is 0. The van der Waals surface area contributed by atoms with Crippen molar-refractivity contribution in [2.75, 3.05) is 26.2 Å². The number of aryl methyl sites for hydroxylation is 1. The predicted molar refractivity (Wildman–Crippen MR) is 135 cm³/mol. The van der Waals surface area contributed by atoms with Crippen LogP contribution in [-0.2, 0) is 0 Å². The number of benzene rings is 2. The zero-order valence-electron chi connectivity index (χ0n) is 20.4. The Hall–Kier alpha value is -3.38. The average Bonchev–Trinajstić information content (AvgIpc) is 3.57. The van der Waals surface area contributed by atoms with Gasteiger partial charge in [0.05, 0.1) is 22.6 Å². The number of hydrogen-bond donors (Lipinski definition) is 0. The third kappa shape index (κ3) is 3.82. The molecule has 5 rings (SSSR count). The topological polar surface area (TPSA) is 54.5 Å². The van der Waals surface area contributed by atoms with E-state index in [0.29, 0.717) is 11.6 Å². The van der Waals surface area contributed by atoms with Crippen LogP contribution in [0.1, 0.15) is 42.0 Å². The molecule has 176 valence electrons. The fraction of sp³-hybridized carbons (Fsp3) is 0.357. The smallest absolute Gasteiger partial charge is 0.257 e. The average molecular weight is 457 g/mol. The lowest BCUT2D eigenvalue weighted by atomic mass is 10.1. The van der Waals surface area contributed by atoms with Crippen molar-refractivity contribution in [3.8, 4) is 17.0 Å². The van der Waals surface area contributed by atoms with Gasteiger partial charge < -0.3 is 9.32 Å². The summed E-state index contributed by atoms with van der Waals surface area (Å²) in [6.07, 6.45) is 1.02. The summed E-state index contributed by atoms with van der Waals surface area (Å²) in [4.78, 5) is 18.0.